The minimum Gasteiger partial charge on any atom is -0.332 e. The monoisotopic (exact) mass is 302 g/mol. The zero-order valence-corrected chi connectivity index (χ0v) is 13.8. The van der Waals surface area contributed by atoms with Crippen LogP contribution in [0.5, 0.6) is 0 Å². The molecule has 0 spiro atoms. The molecule has 1 aromatic heterocycles. The number of hydrogen-bond acceptors (Lipinski definition) is 4. The Kier molecular flexibility index (Phi) is 6.16. The van der Waals surface area contributed by atoms with Crippen LogP contribution in [0.4, 0.5) is 0 Å². The van der Waals surface area contributed by atoms with Gasteiger partial charge in [0.1, 0.15) is 5.82 Å². The normalized spacial score (nSPS) is 14.2. The Morgan fingerprint density at radius 2 is 2.05 bits per heavy atom. The summed E-state index contributed by atoms with van der Waals surface area (Å²) >= 11 is 0. The highest BCUT2D eigenvalue weighted by atomic mass is 32.2. The second kappa shape index (κ2) is 7.19. The first kappa shape index (κ1) is 17.1. The number of H-pyrrole nitrogens is 1. The van der Waals surface area contributed by atoms with E-state index in [0.29, 0.717) is 24.7 Å². The predicted octanol–water partition coefficient (Wildman–Crippen LogP) is 1.23. The van der Waals surface area contributed by atoms with Crippen molar-refractivity contribution in [2.45, 2.75) is 44.7 Å². The van der Waals surface area contributed by atoms with Crippen LogP contribution in [0.2, 0.25) is 0 Å². The molecule has 1 atom stereocenters. The van der Waals surface area contributed by atoms with Crippen LogP contribution < -0.4 is 4.72 Å². The van der Waals surface area contributed by atoms with Crippen molar-refractivity contribution < 1.29 is 8.42 Å². The van der Waals surface area contributed by atoms with Crippen molar-refractivity contribution in [3.8, 4) is 0 Å². The van der Waals surface area contributed by atoms with Crippen LogP contribution in [0.1, 0.15) is 33.0 Å². The summed E-state index contributed by atoms with van der Waals surface area (Å²) in [6, 6.07) is -0.108. The molecule has 0 bridgehead atoms. The summed E-state index contributed by atoms with van der Waals surface area (Å²) in [5.74, 6) is 1.11. The quantitative estimate of drug-likeness (QED) is 0.757. The van der Waals surface area contributed by atoms with Crippen molar-refractivity contribution in [1.82, 2.24) is 19.6 Å². The van der Waals surface area contributed by atoms with E-state index in [0.717, 1.165) is 6.42 Å². The molecule has 1 unspecified atom stereocenters. The average molecular weight is 302 g/mol. The van der Waals surface area contributed by atoms with Gasteiger partial charge in [-0.05, 0) is 26.4 Å². The van der Waals surface area contributed by atoms with Gasteiger partial charge in [-0.1, -0.05) is 20.8 Å². The van der Waals surface area contributed by atoms with Crippen molar-refractivity contribution >= 4 is 10.0 Å². The summed E-state index contributed by atoms with van der Waals surface area (Å²) in [5, 5.41) is 0.141. The number of hydrogen-bond donors (Lipinski definition) is 2. The molecule has 20 heavy (non-hydrogen) atoms. The third kappa shape index (κ3) is 5.22. The van der Waals surface area contributed by atoms with Crippen LogP contribution in [0, 0.1) is 5.92 Å². The molecule has 0 fully saturated rings. The lowest BCUT2D eigenvalue weighted by Crippen LogP contribution is -2.42. The molecule has 0 saturated heterocycles. The molecule has 0 aliphatic carbocycles. The lowest BCUT2D eigenvalue weighted by Gasteiger charge is -2.23. The Morgan fingerprint density at radius 3 is 2.50 bits per heavy atom. The maximum atomic E-state index is 12.3. The van der Waals surface area contributed by atoms with Crippen molar-refractivity contribution in [3.05, 3.63) is 12.0 Å². The molecule has 0 saturated carbocycles. The fourth-order valence-electron chi connectivity index (χ4n) is 2.11. The summed E-state index contributed by atoms with van der Waals surface area (Å²) in [4.78, 5) is 8.87. The Labute approximate surface area is 122 Å². The molecule has 0 aliphatic heterocycles. The zero-order chi connectivity index (χ0) is 15.3. The number of sulfonamides is 1. The summed E-state index contributed by atoms with van der Waals surface area (Å²) in [6.07, 6.45) is 2.86. The highest BCUT2D eigenvalue weighted by Gasteiger charge is 2.23. The second-order valence-electron chi connectivity index (χ2n) is 5.76. The number of nitrogens with zero attached hydrogens (tertiary/aromatic N) is 2. The standard InChI is InChI=1S/C13H26N4O2S/c1-6-12-14-8-13(15-12)20(18,19)16-11(7-10(2)3)9-17(4)5/h8,10-11,16H,6-7,9H2,1-5H3,(H,14,15). The zero-order valence-electron chi connectivity index (χ0n) is 13.0. The molecule has 0 aromatic carbocycles. The van der Waals surface area contributed by atoms with E-state index < -0.39 is 10.0 Å². The van der Waals surface area contributed by atoms with Crippen molar-refractivity contribution in [2.24, 2.45) is 5.92 Å². The largest absolute Gasteiger partial charge is 0.332 e. The maximum Gasteiger partial charge on any atom is 0.257 e. The van der Waals surface area contributed by atoms with Crippen LogP contribution in [0.15, 0.2) is 11.2 Å². The van der Waals surface area contributed by atoms with E-state index in [1.54, 1.807) is 0 Å². The maximum absolute atomic E-state index is 12.3. The molecular weight excluding hydrogens is 276 g/mol. The Bertz CT molecular complexity index is 498. The molecule has 2 N–H and O–H groups in total. The van der Waals surface area contributed by atoms with Gasteiger partial charge in [0.2, 0.25) is 0 Å². The molecular formula is C13H26N4O2S. The lowest BCUT2D eigenvalue weighted by molar-refractivity contribution is 0.329. The number of aromatic nitrogens is 2. The third-order valence-corrected chi connectivity index (χ3v) is 4.32. The smallest absolute Gasteiger partial charge is 0.257 e. The minimum absolute atomic E-state index is 0.108. The first-order valence-corrected chi connectivity index (χ1v) is 8.43. The van der Waals surface area contributed by atoms with E-state index in [-0.39, 0.29) is 11.1 Å². The fraction of sp³-hybridized carbons (Fsp3) is 0.769. The SMILES string of the molecule is CCc1ncc(S(=O)(=O)NC(CC(C)C)CN(C)C)[nH]1. The van der Waals surface area contributed by atoms with E-state index in [1.165, 1.54) is 6.20 Å². The van der Waals surface area contributed by atoms with Crippen molar-refractivity contribution in [3.63, 3.8) is 0 Å². The molecule has 0 amide bonds. The summed E-state index contributed by atoms with van der Waals surface area (Å²) in [7, 11) is 0.340. The first-order chi connectivity index (χ1) is 9.24. The molecule has 0 radical (unpaired) electrons. The third-order valence-electron chi connectivity index (χ3n) is 2.89. The summed E-state index contributed by atoms with van der Waals surface area (Å²) in [6.45, 7) is 6.77. The van der Waals surface area contributed by atoms with Crippen LogP contribution >= 0.6 is 0 Å². The lowest BCUT2D eigenvalue weighted by atomic mass is 10.0. The van der Waals surface area contributed by atoms with Crippen LogP contribution in [0.3, 0.4) is 0 Å². The topological polar surface area (TPSA) is 78.1 Å². The Balaban J connectivity index is 2.84. The van der Waals surface area contributed by atoms with Gasteiger partial charge in [-0.3, -0.25) is 0 Å². The van der Waals surface area contributed by atoms with Gasteiger partial charge in [0, 0.05) is 19.0 Å². The Hall–Kier alpha value is -0.920. The van der Waals surface area contributed by atoms with Gasteiger partial charge in [-0.25, -0.2) is 18.1 Å². The average Bonchev–Trinajstić information content (AvgIpc) is 2.75. The van der Waals surface area contributed by atoms with Crippen molar-refractivity contribution in [2.75, 3.05) is 20.6 Å². The molecule has 1 rings (SSSR count). The number of aryl methyl sites for hydroxylation is 1. The van der Waals surface area contributed by atoms with Gasteiger partial charge in [0.15, 0.2) is 5.03 Å². The molecule has 7 heteroatoms. The summed E-state index contributed by atoms with van der Waals surface area (Å²) < 4.78 is 27.4. The second-order valence-corrected chi connectivity index (χ2v) is 7.44. The van der Waals surface area contributed by atoms with Crippen LogP contribution in [-0.4, -0.2) is 50.0 Å². The van der Waals surface area contributed by atoms with Gasteiger partial charge >= 0.3 is 0 Å². The first-order valence-electron chi connectivity index (χ1n) is 6.95. The number of nitrogens with one attached hydrogen (secondary N) is 2. The molecule has 6 nitrogen and oxygen atoms in total. The van der Waals surface area contributed by atoms with Gasteiger partial charge in [0.25, 0.3) is 10.0 Å². The van der Waals surface area contributed by atoms with Gasteiger partial charge in [0.05, 0.1) is 6.20 Å². The minimum atomic E-state index is -3.53. The predicted molar refractivity (Wildman–Crippen MR) is 80.1 cm³/mol. The number of rotatable bonds is 8. The van der Waals surface area contributed by atoms with E-state index in [4.69, 9.17) is 0 Å². The van der Waals surface area contributed by atoms with Gasteiger partial charge in [-0.2, -0.15) is 0 Å². The summed E-state index contributed by atoms with van der Waals surface area (Å²) in [5.41, 5.74) is 0. The molecule has 1 aromatic rings. The van der Waals surface area contributed by atoms with E-state index in [2.05, 4.69) is 28.5 Å². The molecule has 116 valence electrons. The highest BCUT2D eigenvalue weighted by Crippen LogP contribution is 2.11. The Morgan fingerprint density at radius 1 is 1.40 bits per heavy atom. The van der Waals surface area contributed by atoms with Crippen LogP contribution in [0.25, 0.3) is 0 Å². The number of likely N-dealkylation sites (N-methyl/N-ethyl adjacent to an activating group) is 1. The molecule has 1 heterocycles. The highest BCUT2D eigenvalue weighted by molar-refractivity contribution is 7.89. The van der Waals surface area contributed by atoms with Gasteiger partial charge in [-0.15, -0.1) is 0 Å². The number of aromatic amines is 1. The van der Waals surface area contributed by atoms with Crippen molar-refractivity contribution in [1.29, 1.82) is 0 Å². The van der Waals surface area contributed by atoms with E-state index >= 15 is 0 Å². The molecule has 0 aliphatic rings. The van der Waals surface area contributed by atoms with Gasteiger partial charge < -0.3 is 9.88 Å². The van der Waals surface area contributed by atoms with Crippen LogP contribution in [-0.2, 0) is 16.4 Å². The fourth-order valence-corrected chi connectivity index (χ4v) is 3.29. The van der Waals surface area contributed by atoms with E-state index in [9.17, 15) is 8.42 Å². The van der Waals surface area contributed by atoms with E-state index in [1.807, 2.05) is 25.9 Å². The number of imidazole rings is 1.